The summed E-state index contributed by atoms with van der Waals surface area (Å²) in [5.74, 6) is 0.655. The Labute approximate surface area is 116 Å². The number of nitrogens with one attached hydrogen (secondary N) is 1. The van der Waals surface area contributed by atoms with E-state index in [4.69, 9.17) is 4.74 Å². The van der Waals surface area contributed by atoms with Crippen LogP contribution in [0.2, 0.25) is 0 Å². The molecule has 0 aliphatic carbocycles. The number of nitrogens with zero attached hydrogens (tertiary/aromatic N) is 1. The molecule has 2 unspecified atom stereocenters. The van der Waals surface area contributed by atoms with Crippen molar-refractivity contribution in [2.24, 2.45) is 5.92 Å². The first-order chi connectivity index (χ1) is 9.26. The van der Waals surface area contributed by atoms with Crippen molar-refractivity contribution in [3.8, 4) is 0 Å². The van der Waals surface area contributed by atoms with Crippen molar-refractivity contribution < 1.29 is 4.74 Å². The average Bonchev–Trinajstić information content (AvgIpc) is 2.46. The Morgan fingerprint density at radius 3 is 2.89 bits per heavy atom. The first kappa shape index (κ1) is 14.4. The van der Waals surface area contributed by atoms with Crippen molar-refractivity contribution >= 4 is 5.69 Å². The minimum Gasteiger partial charge on any atom is -0.379 e. The van der Waals surface area contributed by atoms with Gasteiger partial charge in [0.25, 0.3) is 0 Å². The van der Waals surface area contributed by atoms with Gasteiger partial charge in [-0.1, -0.05) is 32.0 Å². The molecular weight excluding hydrogens is 236 g/mol. The molecule has 0 saturated carbocycles. The first-order valence-corrected chi connectivity index (χ1v) is 7.32. The fraction of sp³-hybridized carbons (Fsp3) is 0.625. The van der Waals surface area contributed by atoms with E-state index in [1.54, 1.807) is 0 Å². The van der Waals surface area contributed by atoms with Crippen LogP contribution in [0.5, 0.6) is 0 Å². The van der Waals surface area contributed by atoms with Crippen LogP contribution >= 0.6 is 0 Å². The lowest BCUT2D eigenvalue weighted by atomic mass is 9.95. The molecule has 1 aliphatic rings. The van der Waals surface area contributed by atoms with E-state index in [0.717, 1.165) is 26.2 Å². The number of methoxy groups -OCH3 is 1. The van der Waals surface area contributed by atoms with Crippen LogP contribution in [0.25, 0.3) is 0 Å². The number of piperidine rings is 1. The summed E-state index contributed by atoms with van der Waals surface area (Å²) in [4.78, 5) is 2.47. The molecule has 0 aromatic heterocycles. The quantitative estimate of drug-likeness (QED) is 0.883. The largest absolute Gasteiger partial charge is 0.379 e. The van der Waals surface area contributed by atoms with E-state index in [1.807, 2.05) is 7.11 Å². The molecule has 1 aromatic rings. The first-order valence-electron chi connectivity index (χ1n) is 7.32. The number of ether oxygens (including phenoxy) is 1. The summed E-state index contributed by atoms with van der Waals surface area (Å²) in [5.41, 5.74) is 2.74. The van der Waals surface area contributed by atoms with Gasteiger partial charge in [0, 0.05) is 32.4 Å². The van der Waals surface area contributed by atoms with Gasteiger partial charge in [-0.25, -0.2) is 0 Å². The zero-order valence-corrected chi connectivity index (χ0v) is 12.4. The highest BCUT2D eigenvalue weighted by atomic mass is 16.5. The van der Waals surface area contributed by atoms with Gasteiger partial charge in [-0.2, -0.15) is 0 Å². The lowest BCUT2D eigenvalue weighted by molar-refractivity contribution is 0.0498. The highest BCUT2D eigenvalue weighted by Gasteiger charge is 2.26. The van der Waals surface area contributed by atoms with Gasteiger partial charge in [0.2, 0.25) is 0 Å². The molecule has 1 aliphatic heterocycles. The summed E-state index contributed by atoms with van der Waals surface area (Å²) in [7, 11) is 1.83. The maximum Gasteiger partial charge on any atom is 0.0772 e. The van der Waals surface area contributed by atoms with Crippen molar-refractivity contribution in [2.75, 3.05) is 31.6 Å². The Morgan fingerprint density at radius 1 is 1.37 bits per heavy atom. The highest BCUT2D eigenvalue weighted by molar-refractivity contribution is 5.54. The van der Waals surface area contributed by atoms with Crippen LogP contribution in [0.15, 0.2) is 24.3 Å². The number of para-hydroxylation sites is 1. The molecule has 106 valence electrons. The van der Waals surface area contributed by atoms with Crippen LogP contribution in [0, 0.1) is 5.92 Å². The van der Waals surface area contributed by atoms with Gasteiger partial charge in [-0.3, -0.25) is 0 Å². The van der Waals surface area contributed by atoms with Crippen LogP contribution in [-0.2, 0) is 11.3 Å². The predicted molar refractivity (Wildman–Crippen MR) is 80.6 cm³/mol. The Morgan fingerprint density at radius 2 is 2.16 bits per heavy atom. The van der Waals surface area contributed by atoms with Crippen LogP contribution in [0.1, 0.15) is 25.8 Å². The van der Waals surface area contributed by atoms with Gasteiger partial charge in [-0.15, -0.1) is 0 Å². The minimum atomic E-state index is 0.348. The molecule has 0 bridgehead atoms. The molecule has 1 fully saturated rings. The van der Waals surface area contributed by atoms with Gasteiger partial charge in [-0.05, 0) is 30.5 Å². The molecular formula is C16H26N2O. The molecule has 1 N–H and O–H groups in total. The zero-order valence-electron chi connectivity index (χ0n) is 12.4. The Kier molecular flexibility index (Phi) is 5.23. The third-order valence-corrected chi connectivity index (χ3v) is 4.09. The Balaban J connectivity index is 2.12. The van der Waals surface area contributed by atoms with E-state index < -0.39 is 0 Å². The molecule has 1 aromatic carbocycles. The Hall–Kier alpha value is -1.06. The monoisotopic (exact) mass is 262 g/mol. The summed E-state index contributed by atoms with van der Waals surface area (Å²) in [6.45, 7) is 8.51. The van der Waals surface area contributed by atoms with E-state index >= 15 is 0 Å². The smallest absolute Gasteiger partial charge is 0.0772 e. The lowest BCUT2D eigenvalue weighted by Gasteiger charge is -2.38. The molecule has 1 saturated heterocycles. The second kappa shape index (κ2) is 6.92. The molecule has 1 heterocycles. The predicted octanol–water partition coefficient (Wildman–Crippen LogP) is 2.66. The second-order valence-corrected chi connectivity index (χ2v) is 5.40. The second-order valence-electron chi connectivity index (χ2n) is 5.40. The topological polar surface area (TPSA) is 24.5 Å². The maximum atomic E-state index is 5.62. The molecule has 3 heteroatoms. The molecule has 2 rings (SSSR count). The Bertz CT molecular complexity index is 394. The van der Waals surface area contributed by atoms with Crippen LogP contribution < -0.4 is 10.2 Å². The molecule has 0 amide bonds. The molecule has 0 spiro atoms. The highest BCUT2D eigenvalue weighted by Crippen LogP contribution is 2.27. The average molecular weight is 262 g/mol. The standard InChI is InChI=1S/C16H26N2O/c1-4-17-11-14-7-5-6-8-15(14)18-10-9-13(2)16(12-18)19-3/h5-8,13,16-17H,4,9-12H2,1-3H3. The fourth-order valence-corrected chi connectivity index (χ4v) is 2.79. The molecule has 0 radical (unpaired) electrons. The zero-order chi connectivity index (χ0) is 13.7. The third kappa shape index (κ3) is 3.48. The molecule has 2 atom stereocenters. The van der Waals surface area contributed by atoms with Gasteiger partial charge in [0.15, 0.2) is 0 Å². The number of hydrogen-bond acceptors (Lipinski definition) is 3. The van der Waals surface area contributed by atoms with Crippen LogP contribution in [0.4, 0.5) is 5.69 Å². The third-order valence-electron chi connectivity index (χ3n) is 4.09. The van der Waals surface area contributed by atoms with Crippen LogP contribution in [-0.4, -0.2) is 32.8 Å². The number of hydrogen-bond donors (Lipinski definition) is 1. The van der Waals surface area contributed by atoms with E-state index in [1.165, 1.54) is 17.7 Å². The van der Waals surface area contributed by atoms with Gasteiger partial charge in [0.05, 0.1) is 6.10 Å². The normalized spacial score (nSPS) is 23.6. The van der Waals surface area contributed by atoms with E-state index in [2.05, 4.69) is 48.3 Å². The summed E-state index contributed by atoms with van der Waals surface area (Å²) < 4.78 is 5.62. The van der Waals surface area contributed by atoms with Gasteiger partial charge < -0.3 is 15.0 Å². The summed E-state index contributed by atoms with van der Waals surface area (Å²) in [6, 6.07) is 8.70. The SMILES string of the molecule is CCNCc1ccccc1N1CCC(C)C(OC)C1. The van der Waals surface area contributed by atoms with Crippen LogP contribution in [0.3, 0.4) is 0 Å². The summed E-state index contributed by atoms with van der Waals surface area (Å²) in [6.07, 6.45) is 1.55. The van der Waals surface area contributed by atoms with Crippen molar-refractivity contribution in [2.45, 2.75) is 32.9 Å². The van der Waals surface area contributed by atoms with E-state index in [9.17, 15) is 0 Å². The van der Waals surface area contributed by atoms with Gasteiger partial charge >= 0.3 is 0 Å². The fourth-order valence-electron chi connectivity index (χ4n) is 2.79. The molecule has 19 heavy (non-hydrogen) atoms. The number of anilines is 1. The summed E-state index contributed by atoms with van der Waals surface area (Å²) in [5, 5.41) is 3.42. The number of benzene rings is 1. The van der Waals surface area contributed by atoms with Gasteiger partial charge in [0.1, 0.15) is 0 Å². The lowest BCUT2D eigenvalue weighted by Crippen LogP contribution is -2.44. The maximum absolute atomic E-state index is 5.62. The van der Waals surface area contributed by atoms with E-state index in [-0.39, 0.29) is 0 Å². The van der Waals surface area contributed by atoms with Crippen molar-refractivity contribution in [3.05, 3.63) is 29.8 Å². The summed E-state index contributed by atoms with van der Waals surface area (Å²) >= 11 is 0. The van der Waals surface area contributed by atoms with Crippen molar-refractivity contribution in [1.29, 1.82) is 0 Å². The number of rotatable bonds is 5. The minimum absolute atomic E-state index is 0.348. The van der Waals surface area contributed by atoms with Crippen molar-refractivity contribution in [1.82, 2.24) is 5.32 Å². The molecule has 3 nitrogen and oxygen atoms in total. The van der Waals surface area contributed by atoms with Crippen molar-refractivity contribution in [3.63, 3.8) is 0 Å². The van der Waals surface area contributed by atoms with E-state index in [0.29, 0.717) is 12.0 Å².